The van der Waals surface area contributed by atoms with Gasteiger partial charge in [0.25, 0.3) is 0 Å². The Morgan fingerprint density at radius 2 is 2.41 bits per heavy atom. The first-order valence-corrected chi connectivity index (χ1v) is 7.03. The molecule has 1 fully saturated rings. The maximum absolute atomic E-state index is 11.8. The van der Waals surface area contributed by atoms with E-state index in [2.05, 4.69) is 15.9 Å². The summed E-state index contributed by atoms with van der Waals surface area (Å²) < 4.78 is 10.5. The summed E-state index contributed by atoms with van der Waals surface area (Å²) >= 11 is 3.48. The van der Waals surface area contributed by atoms with Crippen LogP contribution < -0.4 is 0 Å². The zero-order chi connectivity index (χ0) is 12.7. The smallest absolute Gasteiger partial charge is 0.222 e. The van der Waals surface area contributed by atoms with E-state index in [4.69, 9.17) is 9.47 Å². The molecule has 0 aliphatic carbocycles. The van der Waals surface area contributed by atoms with Gasteiger partial charge in [-0.15, -0.1) is 0 Å². The van der Waals surface area contributed by atoms with Crippen LogP contribution in [0.25, 0.3) is 0 Å². The molecular formula is C12H22BrNO3. The fourth-order valence-corrected chi connectivity index (χ4v) is 2.68. The standard InChI is InChI=1S/C12H22BrNO3/c1-14(8-10(13)9-16-2)12(15)6-5-11-4-3-7-17-11/h10-11H,3-9H2,1-2H3. The lowest BCUT2D eigenvalue weighted by Crippen LogP contribution is -2.34. The summed E-state index contributed by atoms with van der Waals surface area (Å²) in [6.07, 6.45) is 3.95. The molecule has 1 saturated heterocycles. The van der Waals surface area contributed by atoms with E-state index in [-0.39, 0.29) is 10.7 Å². The first-order valence-electron chi connectivity index (χ1n) is 6.12. The molecule has 0 aromatic heterocycles. The van der Waals surface area contributed by atoms with Crippen LogP contribution in [0.15, 0.2) is 0 Å². The highest BCUT2D eigenvalue weighted by atomic mass is 79.9. The van der Waals surface area contributed by atoms with E-state index in [0.717, 1.165) is 25.9 Å². The van der Waals surface area contributed by atoms with Crippen molar-refractivity contribution >= 4 is 21.8 Å². The second kappa shape index (κ2) is 8.06. The number of hydrogen-bond donors (Lipinski definition) is 0. The lowest BCUT2D eigenvalue weighted by atomic mass is 10.1. The van der Waals surface area contributed by atoms with Crippen molar-refractivity contribution in [3.63, 3.8) is 0 Å². The Kier molecular flexibility index (Phi) is 7.08. The highest BCUT2D eigenvalue weighted by molar-refractivity contribution is 9.09. The van der Waals surface area contributed by atoms with Crippen molar-refractivity contribution in [2.45, 2.75) is 36.6 Å². The van der Waals surface area contributed by atoms with Gasteiger partial charge < -0.3 is 14.4 Å². The molecule has 2 unspecified atom stereocenters. The Bertz CT molecular complexity index is 232. The predicted molar refractivity (Wildman–Crippen MR) is 70.4 cm³/mol. The molecule has 1 amide bonds. The van der Waals surface area contributed by atoms with Crippen molar-refractivity contribution in [3.8, 4) is 0 Å². The quantitative estimate of drug-likeness (QED) is 0.673. The van der Waals surface area contributed by atoms with Crippen LogP contribution in [-0.4, -0.2) is 55.7 Å². The first-order chi connectivity index (χ1) is 8.13. The highest BCUT2D eigenvalue weighted by Gasteiger charge is 2.19. The summed E-state index contributed by atoms with van der Waals surface area (Å²) in [7, 11) is 3.50. The number of carbonyl (C=O) groups is 1. The molecule has 0 saturated carbocycles. The van der Waals surface area contributed by atoms with E-state index in [9.17, 15) is 4.79 Å². The Balaban J connectivity index is 2.16. The molecule has 0 aromatic rings. The molecule has 0 radical (unpaired) electrons. The third kappa shape index (κ3) is 5.84. The van der Waals surface area contributed by atoms with Gasteiger partial charge in [-0.05, 0) is 19.3 Å². The van der Waals surface area contributed by atoms with Gasteiger partial charge in [-0.1, -0.05) is 15.9 Å². The number of nitrogens with zero attached hydrogens (tertiary/aromatic N) is 1. The van der Waals surface area contributed by atoms with E-state index >= 15 is 0 Å². The molecule has 1 rings (SSSR count). The Labute approximate surface area is 112 Å². The summed E-state index contributed by atoms with van der Waals surface area (Å²) in [5.74, 6) is 0.182. The van der Waals surface area contributed by atoms with E-state index < -0.39 is 0 Å². The van der Waals surface area contributed by atoms with Crippen LogP contribution >= 0.6 is 15.9 Å². The number of ether oxygens (including phenoxy) is 2. The molecular weight excluding hydrogens is 286 g/mol. The Hall–Kier alpha value is -0.130. The third-order valence-electron chi connectivity index (χ3n) is 2.95. The van der Waals surface area contributed by atoms with Crippen LogP contribution in [0.1, 0.15) is 25.7 Å². The second-order valence-corrected chi connectivity index (χ2v) is 5.80. The number of amides is 1. The molecule has 17 heavy (non-hydrogen) atoms. The molecule has 100 valence electrons. The summed E-state index contributed by atoms with van der Waals surface area (Å²) in [6, 6.07) is 0. The molecule has 0 aromatic carbocycles. The van der Waals surface area contributed by atoms with Crippen molar-refractivity contribution in [2.24, 2.45) is 0 Å². The van der Waals surface area contributed by atoms with Crippen molar-refractivity contribution < 1.29 is 14.3 Å². The molecule has 5 heteroatoms. The number of halogens is 1. The number of carbonyl (C=O) groups excluding carboxylic acids is 1. The zero-order valence-electron chi connectivity index (χ0n) is 10.7. The van der Waals surface area contributed by atoms with Crippen molar-refractivity contribution in [2.75, 3.05) is 33.9 Å². The van der Waals surface area contributed by atoms with E-state index in [1.54, 1.807) is 12.0 Å². The first kappa shape index (κ1) is 14.9. The van der Waals surface area contributed by atoms with Gasteiger partial charge in [0.05, 0.1) is 17.5 Å². The van der Waals surface area contributed by atoms with Crippen molar-refractivity contribution in [3.05, 3.63) is 0 Å². The van der Waals surface area contributed by atoms with Crippen LogP contribution in [0.4, 0.5) is 0 Å². The van der Waals surface area contributed by atoms with Gasteiger partial charge >= 0.3 is 0 Å². The van der Waals surface area contributed by atoms with Crippen LogP contribution in [0.5, 0.6) is 0 Å². The fraction of sp³-hybridized carbons (Fsp3) is 0.917. The molecule has 0 bridgehead atoms. The topological polar surface area (TPSA) is 38.8 Å². The molecule has 0 spiro atoms. The van der Waals surface area contributed by atoms with Crippen LogP contribution in [-0.2, 0) is 14.3 Å². The maximum atomic E-state index is 11.8. The minimum atomic E-state index is 0.182. The molecule has 1 aliphatic heterocycles. The summed E-state index contributed by atoms with van der Waals surface area (Å²) in [5, 5.41) is 0. The summed E-state index contributed by atoms with van der Waals surface area (Å²) in [4.78, 5) is 13.8. The summed E-state index contributed by atoms with van der Waals surface area (Å²) in [5.41, 5.74) is 0. The van der Waals surface area contributed by atoms with Crippen molar-refractivity contribution in [1.29, 1.82) is 0 Å². The number of hydrogen-bond acceptors (Lipinski definition) is 3. The number of methoxy groups -OCH3 is 1. The van der Waals surface area contributed by atoms with E-state index in [0.29, 0.717) is 25.7 Å². The van der Waals surface area contributed by atoms with Crippen LogP contribution in [0, 0.1) is 0 Å². The Morgan fingerprint density at radius 1 is 1.65 bits per heavy atom. The number of alkyl halides is 1. The summed E-state index contributed by atoms with van der Waals surface area (Å²) in [6.45, 7) is 2.15. The lowest BCUT2D eigenvalue weighted by molar-refractivity contribution is -0.130. The molecule has 1 heterocycles. The monoisotopic (exact) mass is 307 g/mol. The molecule has 1 aliphatic rings. The lowest BCUT2D eigenvalue weighted by Gasteiger charge is -2.21. The van der Waals surface area contributed by atoms with Gasteiger partial charge in [-0.2, -0.15) is 0 Å². The minimum absolute atomic E-state index is 0.182. The van der Waals surface area contributed by atoms with E-state index in [1.165, 1.54) is 0 Å². The van der Waals surface area contributed by atoms with Gasteiger partial charge in [0.1, 0.15) is 0 Å². The minimum Gasteiger partial charge on any atom is -0.383 e. The van der Waals surface area contributed by atoms with Gasteiger partial charge in [-0.3, -0.25) is 4.79 Å². The van der Waals surface area contributed by atoms with Crippen LogP contribution in [0.2, 0.25) is 0 Å². The van der Waals surface area contributed by atoms with E-state index in [1.807, 2.05) is 7.05 Å². The SMILES string of the molecule is COCC(Br)CN(C)C(=O)CCC1CCCO1. The normalized spacial score (nSPS) is 21.5. The molecule has 0 N–H and O–H groups in total. The van der Waals surface area contributed by atoms with Gasteiger partial charge in [0, 0.05) is 33.7 Å². The maximum Gasteiger partial charge on any atom is 0.222 e. The highest BCUT2D eigenvalue weighted by Crippen LogP contribution is 2.17. The molecule has 2 atom stereocenters. The fourth-order valence-electron chi connectivity index (χ4n) is 1.98. The largest absolute Gasteiger partial charge is 0.383 e. The van der Waals surface area contributed by atoms with Gasteiger partial charge in [-0.25, -0.2) is 0 Å². The third-order valence-corrected chi connectivity index (χ3v) is 3.50. The average Bonchev–Trinajstić information content (AvgIpc) is 2.78. The average molecular weight is 308 g/mol. The number of rotatable bonds is 7. The van der Waals surface area contributed by atoms with Crippen molar-refractivity contribution in [1.82, 2.24) is 4.90 Å². The Morgan fingerprint density at radius 3 is 3.00 bits per heavy atom. The predicted octanol–water partition coefficient (Wildman–Crippen LogP) is 1.81. The zero-order valence-corrected chi connectivity index (χ0v) is 12.2. The van der Waals surface area contributed by atoms with Gasteiger partial charge in [0.15, 0.2) is 0 Å². The van der Waals surface area contributed by atoms with Crippen LogP contribution in [0.3, 0.4) is 0 Å². The van der Waals surface area contributed by atoms with Gasteiger partial charge in [0.2, 0.25) is 5.91 Å². The molecule has 4 nitrogen and oxygen atoms in total. The second-order valence-electron chi connectivity index (χ2n) is 4.50.